The van der Waals surface area contributed by atoms with Gasteiger partial charge < -0.3 is 9.32 Å². The number of carbonyl (C=O) groups excluding carboxylic acids is 1. The lowest BCUT2D eigenvalue weighted by molar-refractivity contribution is 0.0696. The van der Waals surface area contributed by atoms with E-state index in [4.69, 9.17) is 4.42 Å². The predicted octanol–water partition coefficient (Wildman–Crippen LogP) is 2.33. The van der Waals surface area contributed by atoms with Crippen molar-refractivity contribution in [3.63, 3.8) is 0 Å². The minimum atomic E-state index is -3.53. The maximum Gasteiger partial charge on any atom is 0.281 e. The molecule has 4 rings (SSSR count). The van der Waals surface area contributed by atoms with Gasteiger partial charge in [0.25, 0.3) is 16.1 Å². The maximum absolute atomic E-state index is 13.3. The maximum atomic E-state index is 13.3. The first-order valence-corrected chi connectivity index (χ1v) is 11.7. The molecular formula is C23H25N3O5S. The molecule has 1 aliphatic heterocycles. The third-order valence-electron chi connectivity index (χ3n) is 5.72. The molecule has 168 valence electrons. The first-order chi connectivity index (χ1) is 15.2. The normalized spacial score (nSPS) is 15.4. The van der Waals surface area contributed by atoms with E-state index in [1.807, 2.05) is 30.3 Å². The van der Waals surface area contributed by atoms with E-state index in [-0.39, 0.29) is 43.1 Å². The number of rotatable bonds is 4. The van der Waals surface area contributed by atoms with Crippen molar-refractivity contribution in [3.05, 3.63) is 69.9 Å². The lowest BCUT2D eigenvalue weighted by Crippen LogP contribution is -2.53. The number of hydrogen-bond acceptors (Lipinski definition) is 5. The highest BCUT2D eigenvalue weighted by atomic mass is 32.2. The van der Waals surface area contributed by atoms with Crippen molar-refractivity contribution in [2.45, 2.75) is 6.92 Å². The monoisotopic (exact) mass is 455 g/mol. The van der Waals surface area contributed by atoms with Gasteiger partial charge in [0.1, 0.15) is 5.76 Å². The Morgan fingerprint density at radius 3 is 2.25 bits per heavy atom. The molecule has 1 saturated heterocycles. The number of benzene rings is 2. The first-order valence-electron chi connectivity index (χ1n) is 10.3. The second-order valence-electron chi connectivity index (χ2n) is 7.92. The zero-order valence-corrected chi connectivity index (χ0v) is 19.1. The highest BCUT2D eigenvalue weighted by Crippen LogP contribution is 2.28. The number of para-hydroxylation sites is 1. The molecule has 2 heterocycles. The summed E-state index contributed by atoms with van der Waals surface area (Å²) in [5.41, 5.74) is 1.60. The van der Waals surface area contributed by atoms with Gasteiger partial charge in [-0.25, -0.2) is 0 Å². The predicted molar refractivity (Wildman–Crippen MR) is 123 cm³/mol. The van der Waals surface area contributed by atoms with Gasteiger partial charge in [-0.15, -0.1) is 0 Å². The first kappa shape index (κ1) is 22.2. The smallest absolute Gasteiger partial charge is 0.281 e. The minimum absolute atomic E-state index is 0.179. The number of hydrogen-bond donors (Lipinski definition) is 0. The summed E-state index contributed by atoms with van der Waals surface area (Å²) < 4.78 is 33.4. The largest absolute Gasteiger partial charge is 0.455 e. The summed E-state index contributed by atoms with van der Waals surface area (Å²) in [6, 6.07) is 14.3. The van der Waals surface area contributed by atoms with Gasteiger partial charge in [-0.2, -0.15) is 17.0 Å². The molecule has 1 fully saturated rings. The minimum Gasteiger partial charge on any atom is -0.455 e. The van der Waals surface area contributed by atoms with Crippen molar-refractivity contribution in [3.8, 4) is 11.3 Å². The Kier molecular flexibility index (Phi) is 5.89. The van der Waals surface area contributed by atoms with Crippen LogP contribution in [-0.4, -0.2) is 68.1 Å². The summed E-state index contributed by atoms with van der Waals surface area (Å²) >= 11 is 0. The van der Waals surface area contributed by atoms with Gasteiger partial charge in [0.05, 0.1) is 10.9 Å². The fourth-order valence-corrected chi connectivity index (χ4v) is 4.95. The topological polar surface area (TPSA) is 91.1 Å². The van der Waals surface area contributed by atoms with Crippen LogP contribution in [0, 0.1) is 6.92 Å². The Labute approximate surface area is 186 Å². The molecule has 0 aliphatic carbocycles. The SMILES string of the molecule is Cc1c(-c2ccccc2)oc2c(C(=O)N3CCN(S(=O)(=O)N(C)C)CC3)cccc2c1=O. The zero-order chi connectivity index (χ0) is 23.0. The third kappa shape index (κ3) is 3.83. The highest BCUT2D eigenvalue weighted by molar-refractivity contribution is 7.86. The van der Waals surface area contributed by atoms with Gasteiger partial charge in [-0.05, 0) is 19.1 Å². The summed E-state index contributed by atoms with van der Waals surface area (Å²) in [6.45, 7) is 2.63. The van der Waals surface area contributed by atoms with Crippen molar-refractivity contribution < 1.29 is 17.6 Å². The fourth-order valence-electron chi connectivity index (χ4n) is 3.87. The molecule has 0 N–H and O–H groups in total. The van der Waals surface area contributed by atoms with E-state index >= 15 is 0 Å². The van der Waals surface area contributed by atoms with Crippen LogP contribution in [0.25, 0.3) is 22.3 Å². The number of nitrogens with zero attached hydrogens (tertiary/aromatic N) is 3. The van der Waals surface area contributed by atoms with Crippen molar-refractivity contribution in [1.82, 2.24) is 13.5 Å². The fraction of sp³-hybridized carbons (Fsp3) is 0.304. The second kappa shape index (κ2) is 8.50. The van der Waals surface area contributed by atoms with Crippen LogP contribution < -0.4 is 5.43 Å². The van der Waals surface area contributed by atoms with Crippen LogP contribution in [0.4, 0.5) is 0 Å². The van der Waals surface area contributed by atoms with Crippen LogP contribution in [0.5, 0.6) is 0 Å². The summed E-state index contributed by atoms with van der Waals surface area (Å²) in [4.78, 5) is 28.0. The van der Waals surface area contributed by atoms with Crippen LogP contribution in [-0.2, 0) is 10.2 Å². The summed E-state index contributed by atoms with van der Waals surface area (Å²) in [5, 5.41) is 0.349. The van der Waals surface area contributed by atoms with E-state index in [2.05, 4.69) is 0 Å². The van der Waals surface area contributed by atoms with E-state index in [0.717, 1.165) is 9.87 Å². The number of fused-ring (bicyclic) bond motifs is 1. The summed E-state index contributed by atoms with van der Waals surface area (Å²) in [6.07, 6.45) is 0. The zero-order valence-electron chi connectivity index (χ0n) is 18.2. The van der Waals surface area contributed by atoms with Crippen LogP contribution >= 0.6 is 0 Å². The van der Waals surface area contributed by atoms with E-state index in [9.17, 15) is 18.0 Å². The molecule has 0 unspecified atom stereocenters. The summed E-state index contributed by atoms with van der Waals surface area (Å²) in [7, 11) is -0.559. The molecule has 0 atom stereocenters. The quantitative estimate of drug-likeness (QED) is 0.602. The van der Waals surface area contributed by atoms with Crippen molar-refractivity contribution in [2.75, 3.05) is 40.3 Å². The van der Waals surface area contributed by atoms with Crippen LogP contribution in [0.15, 0.2) is 57.7 Å². The lowest BCUT2D eigenvalue weighted by atomic mass is 10.0. The van der Waals surface area contributed by atoms with E-state index < -0.39 is 10.2 Å². The van der Waals surface area contributed by atoms with Crippen LogP contribution in [0.2, 0.25) is 0 Å². The van der Waals surface area contributed by atoms with Crippen molar-refractivity contribution in [1.29, 1.82) is 0 Å². The van der Waals surface area contributed by atoms with Gasteiger partial charge in [-0.3, -0.25) is 9.59 Å². The Bertz CT molecular complexity index is 1320. The van der Waals surface area contributed by atoms with E-state index in [1.54, 1.807) is 30.0 Å². The van der Waals surface area contributed by atoms with Crippen molar-refractivity contribution in [2.24, 2.45) is 0 Å². The second-order valence-corrected chi connectivity index (χ2v) is 10.1. The average molecular weight is 456 g/mol. The molecule has 3 aromatic rings. The Morgan fingerprint density at radius 1 is 0.969 bits per heavy atom. The molecule has 1 amide bonds. The summed E-state index contributed by atoms with van der Waals surface area (Å²) in [5.74, 6) is 0.147. The molecule has 0 spiro atoms. The molecule has 0 bridgehead atoms. The number of carbonyl (C=O) groups is 1. The van der Waals surface area contributed by atoms with Gasteiger partial charge in [0.15, 0.2) is 11.0 Å². The third-order valence-corrected chi connectivity index (χ3v) is 7.67. The standard InChI is InChI=1S/C23H25N3O5S/c1-16-20(27)18-10-7-11-19(22(18)31-21(16)17-8-5-4-6-9-17)23(28)25-12-14-26(15-13-25)32(29,30)24(2)3/h4-11H,12-15H2,1-3H3. The number of amides is 1. The van der Waals surface area contributed by atoms with Gasteiger partial charge in [-0.1, -0.05) is 36.4 Å². The van der Waals surface area contributed by atoms with E-state index in [0.29, 0.717) is 22.3 Å². The molecule has 2 aromatic carbocycles. The molecule has 0 radical (unpaired) electrons. The Balaban J connectivity index is 1.70. The van der Waals surface area contributed by atoms with Crippen LogP contribution in [0.3, 0.4) is 0 Å². The highest BCUT2D eigenvalue weighted by Gasteiger charge is 2.31. The lowest BCUT2D eigenvalue weighted by Gasteiger charge is -2.35. The molecule has 9 heteroatoms. The van der Waals surface area contributed by atoms with Gasteiger partial charge >= 0.3 is 0 Å². The Hall–Kier alpha value is -3.01. The molecular weight excluding hydrogens is 430 g/mol. The molecule has 8 nitrogen and oxygen atoms in total. The molecule has 32 heavy (non-hydrogen) atoms. The van der Waals surface area contributed by atoms with Gasteiger partial charge in [0, 0.05) is 51.4 Å². The average Bonchev–Trinajstić information content (AvgIpc) is 2.81. The number of piperazine rings is 1. The van der Waals surface area contributed by atoms with E-state index in [1.165, 1.54) is 18.4 Å². The molecule has 1 aliphatic rings. The molecule has 0 saturated carbocycles. The van der Waals surface area contributed by atoms with Crippen LogP contribution in [0.1, 0.15) is 15.9 Å². The molecule has 1 aromatic heterocycles. The van der Waals surface area contributed by atoms with Crippen molar-refractivity contribution >= 4 is 27.1 Å². The van der Waals surface area contributed by atoms with Gasteiger partial charge in [0.2, 0.25) is 0 Å². The Morgan fingerprint density at radius 2 is 1.62 bits per heavy atom.